The van der Waals surface area contributed by atoms with Gasteiger partial charge in [-0.3, -0.25) is 4.79 Å². The van der Waals surface area contributed by atoms with Crippen LogP contribution >= 0.6 is 0 Å². The van der Waals surface area contributed by atoms with E-state index in [9.17, 15) is 4.79 Å². The van der Waals surface area contributed by atoms with Crippen molar-refractivity contribution in [1.29, 1.82) is 0 Å². The Morgan fingerprint density at radius 3 is 2.43 bits per heavy atom. The second-order valence-electron chi connectivity index (χ2n) is 3.25. The molecule has 14 heavy (non-hydrogen) atoms. The monoisotopic (exact) mass is 193 g/mol. The van der Waals surface area contributed by atoms with E-state index in [1.165, 1.54) is 5.56 Å². The highest BCUT2D eigenvalue weighted by molar-refractivity contribution is 5.76. The van der Waals surface area contributed by atoms with Crippen molar-refractivity contribution in [2.75, 3.05) is 5.32 Å². The van der Waals surface area contributed by atoms with Crippen LogP contribution in [0.15, 0.2) is 24.3 Å². The summed E-state index contributed by atoms with van der Waals surface area (Å²) < 4.78 is 0. The molecule has 0 saturated heterocycles. The zero-order chi connectivity index (χ0) is 10.6. The molecule has 0 fully saturated rings. The lowest BCUT2D eigenvalue weighted by Crippen LogP contribution is -2.25. The largest absolute Gasteiger partial charge is 0.480 e. The third kappa shape index (κ3) is 2.76. The fraction of sp³-hybridized carbons (Fsp3) is 0.364. The summed E-state index contributed by atoms with van der Waals surface area (Å²) in [5, 5.41) is 11.6. The van der Waals surface area contributed by atoms with Gasteiger partial charge in [0.15, 0.2) is 0 Å². The lowest BCUT2D eigenvalue weighted by atomic mass is 10.1. The number of hydrogen-bond donors (Lipinski definition) is 2. The average molecular weight is 193 g/mol. The van der Waals surface area contributed by atoms with E-state index in [4.69, 9.17) is 5.11 Å². The number of carboxylic acids is 1. The summed E-state index contributed by atoms with van der Waals surface area (Å²) in [5.74, 6) is -0.843. The highest BCUT2D eigenvalue weighted by atomic mass is 16.4. The summed E-state index contributed by atoms with van der Waals surface area (Å²) in [6, 6.07) is 7.24. The molecule has 0 aliphatic rings. The van der Waals surface area contributed by atoms with E-state index in [-0.39, 0.29) is 0 Å². The Morgan fingerprint density at radius 1 is 1.43 bits per heavy atom. The van der Waals surface area contributed by atoms with Crippen molar-refractivity contribution in [1.82, 2.24) is 0 Å². The molecule has 0 aromatic heterocycles. The number of hydrogen-bond acceptors (Lipinski definition) is 2. The molecule has 0 bridgehead atoms. The third-order valence-corrected chi connectivity index (χ3v) is 2.12. The van der Waals surface area contributed by atoms with Crippen molar-refractivity contribution in [2.45, 2.75) is 26.3 Å². The van der Waals surface area contributed by atoms with Gasteiger partial charge >= 0.3 is 5.97 Å². The maximum Gasteiger partial charge on any atom is 0.325 e. The van der Waals surface area contributed by atoms with E-state index >= 15 is 0 Å². The van der Waals surface area contributed by atoms with Crippen molar-refractivity contribution in [3.05, 3.63) is 29.8 Å². The first-order chi connectivity index (χ1) is 6.63. The molecule has 1 rings (SSSR count). The summed E-state index contributed by atoms with van der Waals surface area (Å²) in [4.78, 5) is 10.6. The second-order valence-corrected chi connectivity index (χ2v) is 3.25. The van der Waals surface area contributed by atoms with Gasteiger partial charge in [0.1, 0.15) is 6.04 Å². The number of anilines is 1. The molecule has 76 valence electrons. The first kappa shape index (κ1) is 10.6. The summed E-state index contributed by atoms with van der Waals surface area (Å²) in [6.07, 6.45) is 0.995. The predicted octanol–water partition coefficient (Wildman–Crippen LogP) is 2.13. The molecule has 3 heteroatoms. The average Bonchev–Trinajstić information content (AvgIpc) is 2.19. The molecule has 0 aliphatic heterocycles. The standard InChI is InChI=1S/C11H15NO2/c1-3-9-4-6-10(7-5-9)12-8(2)11(13)14/h4-8,12H,3H2,1-2H3,(H,13,14). The van der Waals surface area contributed by atoms with Crippen LogP contribution in [-0.4, -0.2) is 17.1 Å². The molecule has 1 aromatic rings. The maximum absolute atomic E-state index is 10.6. The summed E-state index contributed by atoms with van der Waals surface area (Å²) in [7, 11) is 0. The lowest BCUT2D eigenvalue weighted by molar-refractivity contribution is -0.137. The van der Waals surface area contributed by atoms with Crippen LogP contribution in [0.2, 0.25) is 0 Å². The molecule has 1 atom stereocenters. The summed E-state index contributed by atoms with van der Waals surface area (Å²) >= 11 is 0. The smallest absolute Gasteiger partial charge is 0.325 e. The number of carboxylic acid groups (broad SMARTS) is 1. The first-order valence-corrected chi connectivity index (χ1v) is 4.71. The maximum atomic E-state index is 10.6. The molecule has 0 saturated carbocycles. The van der Waals surface area contributed by atoms with Crippen molar-refractivity contribution in [2.24, 2.45) is 0 Å². The minimum Gasteiger partial charge on any atom is -0.480 e. The van der Waals surface area contributed by atoms with Crippen LogP contribution in [0.25, 0.3) is 0 Å². The molecule has 0 aliphatic carbocycles. The van der Waals surface area contributed by atoms with Crippen molar-refractivity contribution in [3.63, 3.8) is 0 Å². The van der Waals surface area contributed by atoms with Gasteiger partial charge in [-0.05, 0) is 31.0 Å². The van der Waals surface area contributed by atoms with Gasteiger partial charge in [0.05, 0.1) is 0 Å². The molecular formula is C11H15NO2. The highest BCUT2D eigenvalue weighted by Gasteiger charge is 2.09. The van der Waals surface area contributed by atoms with Gasteiger partial charge in [-0.25, -0.2) is 0 Å². The van der Waals surface area contributed by atoms with Crippen LogP contribution in [-0.2, 0) is 11.2 Å². The van der Waals surface area contributed by atoms with Crippen LogP contribution in [0, 0.1) is 0 Å². The minimum atomic E-state index is -0.843. The normalized spacial score (nSPS) is 12.1. The Balaban J connectivity index is 2.64. The fourth-order valence-electron chi connectivity index (χ4n) is 1.15. The van der Waals surface area contributed by atoms with E-state index in [2.05, 4.69) is 12.2 Å². The van der Waals surface area contributed by atoms with E-state index in [0.29, 0.717) is 0 Å². The number of nitrogens with one attached hydrogen (secondary N) is 1. The van der Waals surface area contributed by atoms with Gasteiger partial charge in [0, 0.05) is 5.69 Å². The lowest BCUT2D eigenvalue weighted by Gasteiger charge is -2.10. The molecule has 0 heterocycles. The molecule has 2 N–H and O–H groups in total. The highest BCUT2D eigenvalue weighted by Crippen LogP contribution is 2.10. The molecule has 0 amide bonds. The Morgan fingerprint density at radius 2 is 2.00 bits per heavy atom. The molecule has 1 aromatic carbocycles. The van der Waals surface area contributed by atoms with Gasteiger partial charge in [-0.1, -0.05) is 19.1 Å². The molecule has 3 nitrogen and oxygen atoms in total. The van der Waals surface area contributed by atoms with Gasteiger partial charge in [-0.2, -0.15) is 0 Å². The van der Waals surface area contributed by atoms with Gasteiger partial charge < -0.3 is 10.4 Å². The summed E-state index contributed by atoms with van der Waals surface area (Å²) in [5.41, 5.74) is 2.09. The van der Waals surface area contributed by atoms with Crippen molar-refractivity contribution >= 4 is 11.7 Å². The van der Waals surface area contributed by atoms with E-state index in [1.54, 1.807) is 6.92 Å². The van der Waals surface area contributed by atoms with Crippen LogP contribution < -0.4 is 5.32 Å². The fourth-order valence-corrected chi connectivity index (χ4v) is 1.15. The number of benzene rings is 1. The minimum absolute atomic E-state index is 0.553. The zero-order valence-corrected chi connectivity index (χ0v) is 8.45. The van der Waals surface area contributed by atoms with Crippen LogP contribution in [0.3, 0.4) is 0 Å². The van der Waals surface area contributed by atoms with Gasteiger partial charge in [-0.15, -0.1) is 0 Å². The second kappa shape index (κ2) is 4.65. The van der Waals surface area contributed by atoms with Crippen LogP contribution in [0.4, 0.5) is 5.69 Å². The van der Waals surface area contributed by atoms with Crippen molar-refractivity contribution < 1.29 is 9.90 Å². The van der Waals surface area contributed by atoms with Crippen molar-refractivity contribution in [3.8, 4) is 0 Å². The SMILES string of the molecule is CCc1ccc(NC(C)C(=O)O)cc1. The summed E-state index contributed by atoms with van der Waals surface area (Å²) in [6.45, 7) is 3.71. The number of aliphatic carboxylic acids is 1. The molecule has 1 unspecified atom stereocenters. The first-order valence-electron chi connectivity index (χ1n) is 4.71. The van der Waals surface area contributed by atoms with E-state index < -0.39 is 12.0 Å². The predicted molar refractivity (Wildman–Crippen MR) is 56.5 cm³/mol. The van der Waals surface area contributed by atoms with E-state index in [0.717, 1.165) is 12.1 Å². The quantitative estimate of drug-likeness (QED) is 0.770. The van der Waals surface area contributed by atoms with Gasteiger partial charge in [0.2, 0.25) is 0 Å². The third-order valence-electron chi connectivity index (χ3n) is 2.12. The van der Waals surface area contributed by atoms with Gasteiger partial charge in [0.25, 0.3) is 0 Å². The number of aryl methyl sites for hydroxylation is 1. The number of rotatable bonds is 4. The van der Waals surface area contributed by atoms with Crippen LogP contribution in [0.5, 0.6) is 0 Å². The number of carbonyl (C=O) groups is 1. The Hall–Kier alpha value is -1.51. The van der Waals surface area contributed by atoms with Crippen LogP contribution in [0.1, 0.15) is 19.4 Å². The Kier molecular flexibility index (Phi) is 3.51. The topological polar surface area (TPSA) is 49.3 Å². The molecule has 0 radical (unpaired) electrons. The Labute approximate surface area is 83.8 Å². The van der Waals surface area contributed by atoms with E-state index in [1.807, 2.05) is 24.3 Å². The Bertz CT molecular complexity index is 306. The zero-order valence-electron chi connectivity index (χ0n) is 8.45. The molecule has 0 spiro atoms. The molecular weight excluding hydrogens is 178 g/mol.